The van der Waals surface area contributed by atoms with Crippen LogP contribution in [0, 0.1) is 0 Å². The van der Waals surface area contributed by atoms with E-state index < -0.39 is 0 Å². The number of piperidine rings is 1. The Bertz CT molecular complexity index is 659. The second-order valence-electron chi connectivity index (χ2n) is 6.14. The lowest BCUT2D eigenvalue weighted by molar-refractivity contribution is 0.126. The predicted octanol–water partition coefficient (Wildman–Crippen LogP) is 2.74. The van der Waals surface area contributed by atoms with Gasteiger partial charge in [-0.2, -0.15) is 0 Å². The maximum Gasteiger partial charge on any atom is 0.137 e. The number of hydrogen-bond donors (Lipinski definition) is 1. The van der Waals surface area contributed by atoms with Gasteiger partial charge < -0.3 is 14.7 Å². The molecule has 2 unspecified atom stereocenters. The van der Waals surface area contributed by atoms with Crippen molar-refractivity contribution >= 4 is 16.6 Å². The highest BCUT2D eigenvalue weighted by Gasteiger charge is 2.41. The van der Waals surface area contributed by atoms with Crippen LogP contribution in [0.4, 0.5) is 5.82 Å². The molecule has 0 amide bonds. The number of fused-ring (bicyclic) bond motifs is 3. The molecule has 2 aromatic rings. The Balaban J connectivity index is 1.83. The summed E-state index contributed by atoms with van der Waals surface area (Å²) in [6.45, 7) is 0. The molecule has 1 aromatic heterocycles. The number of benzene rings is 1. The molecule has 21 heavy (non-hydrogen) atoms. The van der Waals surface area contributed by atoms with Gasteiger partial charge in [0.15, 0.2) is 0 Å². The molecule has 2 saturated heterocycles. The highest BCUT2D eigenvalue weighted by Crippen LogP contribution is 2.41. The molecule has 0 saturated carbocycles. The number of ether oxygens (including phenoxy) is 1. The van der Waals surface area contributed by atoms with E-state index in [2.05, 4.69) is 22.0 Å². The number of hydrogen-bond acceptors (Lipinski definition) is 4. The Morgan fingerprint density at radius 3 is 2.67 bits per heavy atom. The number of pyridine rings is 1. The van der Waals surface area contributed by atoms with Crippen LogP contribution >= 0.6 is 0 Å². The second-order valence-corrected chi connectivity index (χ2v) is 6.14. The zero-order chi connectivity index (χ0) is 14.4. The fourth-order valence-electron chi connectivity index (χ4n) is 3.96. The Kier molecular flexibility index (Phi) is 3.00. The van der Waals surface area contributed by atoms with E-state index in [0.717, 1.165) is 42.6 Å². The van der Waals surface area contributed by atoms with Crippen LogP contribution in [-0.2, 0) is 0 Å². The van der Waals surface area contributed by atoms with Crippen molar-refractivity contribution in [2.45, 2.75) is 43.9 Å². The first-order valence-corrected chi connectivity index (χ1v) is 7.65. The van der Waals surface area contributed by atoms with Crippen molar-refractivity contribution < 1.29 is 9.84 Å². The number of anilines is 1. The minimum Gasteiger partial charge on any atom is -0.497 e. The third-order valence-corrected chi connectivity index (χ3v) is 4.91. The largest absolute Gasteiger partial charge is 0.497 e. The molecule has 0 aliphatic carbocycles. The third kappa shape index (κ3) is 2.05. The number of aliphatic hydroxyl groups excluding tert-OH is 1. The first kappa shape index (κ1) is 12.9. The molecule has 2 aliphatic rings. The van der Waals surface area contributed by atoms with Crippen molar-refractivity contribution in [3.8, 4) is 5.75 Å². The second kappa shape index (κ2) is 4.88. The van der Waals surface area contributed by atoms with Crippen LogP contribution in [0.3, 0.4) is 0 Å². The summed E-state index contributed by atoms with van der Waals surface area (Å²) in [6, 6.07) is 9.02. The molecule has 1 N–H and O–H groups in total. The van der Waals surface area contributed by atoms with E-state index in [1.165, 1.54) is 5.39 Å². The topological polar surface area (TPSA) is 45.6 Å². The van der Waals surface area contributed by atoms with Gasteiger partial charge in [0.2, 0.25) is 0 Å². The predicted molar refractivity (Wildman–Crippen MR) is 82.8 cm³/mol. The smallest absolute Gasteiger partial charge is 0.137 e. The third-order valence-electron chi connectivity index (χ3n) is 4.91. The van der Waals surface area contributed by atoms with Crippen LogP contribution in [0.1, 0.15) is 25.7 Å². The zero-order valence-electron chi connectivity index (χ0n) is 12.2. The average molecular weight is 284 g/mol. The van der Waals surface area contributed by atoms with Crippen molar-refractivity contribution in [2.75, 3.05) is 12.0 Å². The van der Waals surface area contributed by atoms with E-state index in [0.29, 0.717) is 12.1 Å². The van der Waals surface area contributed by atoms with Gasteiger partial charge in [-0.3, -0.25) is 0 Å². The van der Waals surface area contributed by atoms with Gasteiger partial charge in [0.25, 0.3) is 0 Å². The van der Waals surface area contributed by atoms with Crippen LogP contribution in [0.15, 0.2) is 30.5 Å². The van der Waals surface area contributed by atoms with Gasteiger partial charge in [-0.15, -0.1) is 0 Å². The summed E-state index contributed by atoms with van der Waals surface area (Å²) in [5.41, 5.74) is 0. The van der Waals surface area contributed by atoms with Crippen LogP contribution < -0.4 is 9.64 Å². The summed E-state index contributed by atoms with van der Waals surface area (Å²) in [6.07, 6.45) is 5.77. The van der Waals surface area contributed by atoms with Crippen molar-refractivity contribution in [3.63, 3.8) is 0 Å². The number of aromatic nitrogens is 1. The summed E-state index contributed by atoms with van der Waals surface area (Å²) in [5.74, 6) is 1.91. The van der Waals surface area contributed by atoms with Gasteiger partial charge in [-0.05, 0) is 49.3 Å². The SMILES string of the molecule is COc1ccc2ccnc(N3C4CCC3CC(O)C4)c2c1. The number of nitrogens with zero attached hydrogens (tertiary/aromatic N) is 2. The molecule has 110 valence electrons. The van der Waals surface area contributed by atoms with Crippen LogP contribution in [0.25, 0.3) is 10.8 Å². The molecule has 0 spiro atoms. The summed E-state index contributed by atoms with van der Waals surface area (Å²) in [5, 5.41) is 12.3. The normalized spacial score (nSPS) is 28.1. The molecule has 2 bridgehead atoms. The highest BCUT2D eigenvalue weighted by atomic mass is 16.5. The van der Waals surface area contributed by atoms with Gasteiger partial charge >= 0.3 is 0 Å². The minimum absolute atomic E-state index is 0.150. The van der Waals surface area contributed by atoms with Crippen molar-refractivity contribution in [1.82, 2.24) is 4.98 Å². The van der Waals surface area contributed by atoms with Gasteiger partial charge in [0.1, 0.15) is 11.6 Å². The van der Waals surface area contributed by atoms with E-state index in [1.807, 2.05) is 18.3 Å². The number of methoxy groups -OCH3 is 1. The molecular formula is C17H20N2O2. The number of aliphatic hydroxyl groups is 1. The molecule has 0 radical (unpaired) electrons. The van der Waals surface area contributed by atoms with Gasteiger partial charge in [0.05, 0.1) is 13.2 Å². The van der Waals surface area contributed by atoms with E-state index in [1.54, 1.807) is 7.11 Å². The van der Waals surface area contributed by atoms with E-state index in [-0.39, 0.29) is 6.10 Å². The molecule has 2 fully saturated rings. The Morgan fingerprint density at radius 1 is 1.19 bits per heavy atom. The van der Waals surface area contributed by atoms with Crippen molar-refractivity contribution in [3.05, 3.63) is 30.5 Å². The zero-order valence-corrected chi connectivity index (χ0v) is 12.2. The molecule has 4 nitrogen and oxygen atoms in total. The monoisotopic (exact) mass is 284 g/mol. The summed E-state index contributed by atoms with van der Waals surface area (Å²) >= 11 is 0. The average Bonchev–Trinajstić information content (AvgIpc) is 2.77. The van der Waals surface area contributed by atoms with E-state index in [9.17, 15) is 5.11 Å². The molecule has 1 aromatic carbocycles. The minimum atomic E-state index is -0.150. The molecule has 2 aliphatic heterocycles. The molecule has 2 atom stereocenters. The standard InChI is InChI=1S/C17H20N2O2/c1-21-15-5-2-11-6-7-18-17(16(11)10-15)19-12-3-4-13(19)9-14(20)8-12/h2,5-7,10,12-14,20H,3-4,8-9H2,1H3. The quantitative estimate of drug-likeness (QED) is 0.921. The maximum atomic E-state index is 9.98. The van der Waals surface area contributed by atoms with Gasteiger partial charge in [-0.1, -0.05) is 6.07 Å². The van der Waals surface area contributed by atoms with Crippen LogP contribution in [-0.4, -0.2) is 35.4 Å². The first-order valence-electron chi connectivity index (χ1n) is 7.65. The highest BCUT2D eigenvalue weighted by molar-refractivity contribution is 5.93. The molecule has 4 rings (SSSR count). The summed E-state index contributed by atoms with van der Waals surface area (Å²) in [4.78, 5) is 7.10. The van der Waals surface area contributed by atoms with Crippen molar-refractivity contribution in [1.29, 1.82) is 0 Å². The number of rotatable bonds is 2. The fraction of sp³-hybridized carbons (Fsp3) is 0.471. The molecular weight excluding hydrogens is 264 g/mol. The molecule has 4 heteroatoms. The Morgan fingerprint density at radius 2 is 1.95 bits per heavy atom. The lowest BCUT2D eigenvalue weighted by Crippen LogP contribution is -2.45. The fourth-order valence-corrected chi connectivity index (χ4v) is 3.96. The van der Waals surface area contributed by atoms with Crippen molar-refractivity contribution in [2.24, 2.45) is 0 Å². The Labute approximate surface area is 124 Å². The lowest BCUT2D eigenvalue weighted by Gasteiger charge is -2.38. The van der Waals surface area contributed by atoms with Gasteiger partial charge in [-0.25, -0.2) is 4.98 Å². The summed E-state index contributed by atoms with van der Waals surface area (Å²) < 4.78 is 5.36. The first-order chi connectivity index (χ1) is 10.3. The maximum absolute atomic E-state index is 9.98. The lowest BCUT2D eigenvalue weighted by atomic mass is 9.99. The van der Waals surface area contributed by atoms with E-state index in [4.69, 9.17) is 4.74 Å². The van der Waals surface area contributed by atoms with E-state index >= 15 is 0 Å². The van der Waals surface area contributed by atoms with Crippen LogP contribution in [0.5, 0.6) is 5.75 Å². The van der Waals surface area contributed by atoms with Crippen LogP contribution in [0.2, 0.25) is 0 Å². The molecule has 3 heterocycles. The Hall–Kier alpha value is -1.81. The van der Waals surface area contributed by atoms with Gasteiger partial charge in [0, 0.05) is 23.7 Å². The summed E-state index contributed by atoms with van der Waals surface area (Å²) in [7, 11) is 1.69.